The van der Waals surface area contributed by atoms with Crippen LogP contribution in [-0.4, -0.2) is 8.42 Å². The van der Waals surface area contributed by atoms with Gasteiger partial charge in [-0.1, -0.05) is 29.8 Å². The first-order valence-electron chi connectivity index (χ1n) is 6.74. The van der Waals surface area contributed by atoms with E-state index in [-0.39, 0.29) is 6.04 Å². The monoisotopic (exact) mass is 304 g/mol. The molecule has 1 unspecified atom stereocenters. The SMILES string of the molecule is Cc1ccc(S(=O)(=O)NC(C)c2cccc(N)c2)c(C)c1. The van der Waals surface area contributed by atoms with E-state index < -0.39 is 10.0 Å². The maximum absolute atomic E-state index is 12.5. The van der Waals surface area contributed by atoms with Crippen molar-refractivity contribution in [3.8, 4) is 0 Å². The van der Waals surface area contributed by atoms with Gasteiger partial charge in [-0.15, -0.1) is 0 Å². The van der Waals surface area contributed by atoms with E-state index in [4.69, 9.17) is 5.73 Å². The van der Waals surface area contributed by atoms with Crippen molar-refractivity contribution in [3.05, 3.63) is 59.2 Å². The summed E-state index contributed by atoms with van der Waals surface area (Å²) in [6, 6.07) is 12.2. The van der Waals surface area contributed by atoms with Crippen LogP contribution in [0.4, 0.5) is 5.69 Å². The average Bonchev–Trinajstić information content (AvgIpc) is 2.37. The smallest absolute Gasteiger partial charge is 0.241 e. The van der Waals surface area contributed by atoms with E-state index >= 15 is 0 Å². The minimum atomic E-state index is -3.56. The van der Waals surface area contributed by atoms with E-state index in [1.54, 1.807) is 38.1 Å². The van der Waals surface area contributed by atoms with Crippen molar-refractivity contribution in [3.63, 3.8) is 0 Å². The van der Waals surface area contributed by atoms with Gasteiger partial charge in [0.25, 0.3) is 0 Å². The Balaban J connectivity index is 2.29. The molecule has 2 aromatic carbocycles. The second kappa shape index (κ2) is 5.87. The molecule has 0 fully saturated rings. The Labute approximate surface area is 126 Å². The van der Waals surface area contributed by atoms with Crippen molar-refractivity contribution in [2.45, 2.75) is 31.7 Å². The van der Waals surface area contributed by atoms with Gasteiger partial charge in [-0.05, 0) is 50.1 Å². The van der Waals surface area contributed by atoms with E-state index in [2.05, 4.69) is 4.72 Å². The van der Waals surface area contributed by atoms with Crippen LogP contribution in [0.2, 0.25) is 0 Å². The van der Waals surface area contributed by atoms with E-state index in [9.17, 15) is 8.42 Å². The largest absolute Gasteiger partial charge is 0.399 e. The fraction of sp³-hybridized carbons (Fsp3) is 0.250. The minimum Gasteiger partial charge on any atom is -0.399 e. The highest BCUT2D eigenvalue weighted by atomic mass is 32.2. The number of hydrogen-bond acceptors (Lipinski definition) is 3. The van der Waals surface area contributed by atoms with Crippen molar-refractivity contribution in [1.29, 1.82) is 0 Å². The van der Waals surface area contributed by atoms with Crippen LogP contribution in [0, 0.1) is 13.8 Å². The molecule has 0 aliphatic carbocycles. The summed E-state index contributed by atoms with van der Waals surface area (Å²) >= 11 is 0. The fourth-order valence-corrected chi connectivity index (χ4v) is 3.75. The summed E-state index contributed by atoms with van der Waals surface area (Å²) in [5.41, 5.74) is 8.96. The van der Waals surface area contributed by atoms with Crippen molar-refractivity contribution in [2.75, 3.05) is 5.73 Å². The summed E-state index contributed by atoms with van der Waals surface area (Å²) in [5, 5.41) is 0. The van der Waals surface area contributed by atoms with Gasteiger partial charge >= 0.3 is 0 Å². The van der Waals surface area contributed by atoms with E-state index in [0.717, 1.165) is 16.7 Å². The third-order valence-corrected chi connectivity index (χ3v) is 5.06. The number of rotatable bonds is 4. The highest BCUT2D eigenvalue weighted by Crippen LogP contribution is 2.21. The standard InChI is InChI=1S/C16H20N2O2S/c1-11-7-8-16(12(2)9-11)21(19,20)18-13(3)14-5-4-6-15(17)10-14/h4-10,13,18H,17H2,1-3H3. The molecule has 21 heavy (non-hydrogen) atoms. The van der Waals surface area contributed by atoms with Crippen molar-refractivity contribution in [2.24, 2.45) is 0 Å². The van der Waals surface area contributed by atoms with Gasteiger partial charge in [0, 0.05) is 11.7 Å². The predicted octanol–water partition coefficient (Wildman–Crippen LogP) is 2.93. The fourth-order valence-electron chi connectivity index (χ4n) is 2.29. The number of benzene rings is 2. The van der Waals surface area contributed by atoms with Crippen LogP contribution in [0.25, 0.3) is 0 Å². The second-order valence-corrected chi connectivity index (χ2v) is 6.96. The maximum Gasteiger partial charge on any atom is 0.241 e. The van der Waals surface area contributed by atoms with Crippen molar-refractivity contribution >= 4 is 15.7 Å². The molecular weight excluding hydrogens is 284 g/mol. The molecule has 112 valence electrons. The second-order valence-electron chi connectivity index (χ2n) is 5.28. The number of anilines is 1. The summed E-state index contributed by atoms with van der Waals surface area (Å²) in [6.45, 7) is 5.54. The Morgan fingerprint density at radius 3 is 2.43 bits per heavy atom. The Bertz CT molecular complexity index is 755. The average molecular weight is 304 g/mol. The first kappa shape index (κ1) is 15.5. The first-order valence-corrected chi connectivity index (χ1v) is 8.23. The Hall–Kier alpha value is -1.85. The first-order chi connectivity index (χ1) is 9.79. The summed E-state index contributed by atoms with van der Waals surface area (Å²) < 4.78 is 27.7. The number of hydrogen-bond donors (Lipinski definition) is 2. The summed E-state index contributed by atoms with van der Waals surface area (Å²) in [7, 11) is -3.56. The third kappa shape index (κ3) is 3.62. The summed E-state index contributed by atoms with van der Waals surface area (Å²) in [5.74, 6) is 0. The molecular formula is C16H20N2O2S. The topological polar surface area (TPSA) is 72.2 Å². The number of sulfonamides is 1. The minimum absolute atomic E-state index is 0.309. The highest BCUT2D eigenvalue weighted by molar-refractivity contribution is 7.89. The van der Waals surface area contributed by atoms with Crippen LogP contribution in [0.15, 0.2) is 47.4 Å². The van der Waals surface area contributed by atoms with Crippen LogP contribution in [-0.2, 0) is 10.0 Å². The normalized spacial score (nSPS) is 13.1. The zero-order valence-corrected chi connectivity index (χ0v) is 13.2. The van der Waals surface area contributed by atoms with Gasteiger partial charge in [-0.3, -0.25) is 0 Å². The molecule has 4 nitrogen and oxygen atoms in total. The molecule has 3 N–H and O–H groups in total. The molecule has 2 rings (SSSR count). The van der Waals surface area contributed by atoms with Gasteiger partial charge in [0.2, 0.25) is 10.0 Å². The van der Waals surface area contributed by atoms with Crippen LogP contribution in [0.5, 0.6) is 0 Å². The van der Waals surface area contributed by atoms with Crippen LogP contribution < -0.4 is 10.5 Å². The number of aryl methyl sites for hydroxylation is 2. The van der Waals surface area contributed by atoms with E-state index in [1.807, 2.05) is 25.1 Å². The van der Waals surface area contributed by atoms with Gasteiger partial charge in [0.1, 0.15) is 0 Å². The molecule has 1 atom stereocenters. The molecule has 0 saturated heterocycles. The lowest BCUT2D eigenvalue weighted by atomic mass is 10.1. The van der Waals surface area contributed by atoms with Gasteiger partial charge in [0.05, 0.1) is 4.90 Å². The van der Waals surface area contributed by atoms with Crippen molar-refractivity contribution in [1.82, 2.24) is 4.72 Å². The molecule has 0 spiro atoms. The number of nitrogens with two attached hydrogens (primary N) is 1. The molecule has 0 aliphatic heterocycles. The molecule has 2 aromatic rings. The van der Waals surface area contributed by atoms with Gasteiger partial charge in [0.15, 0.2) is 0 Å². The van der Waals surface area contributed by atoms with Crippen LogP contribution in [0.1, 0.15) is 29.7 Å². The number of nitrogen functional groups attached to an aromatic ring is 1. The molecule has 0 amide bonds. The molecule has 0 saturated carbocycles. The molecule has 5 heteroatoms. The van der Waals surface area contributed by atoms with Gasteiger partial charge < -0.3 is 5.73 Å². The maximum atomic E-state index is 12.5. The van der Waals surface area contributed by atoms with Gasteiger partial charge in [-0.25, -0.2) is 13.1 Å². The Morgan fingerprint density at radius 2 is 1.81 bits per heavy atom. The molecule has 0 radical (unpaired) electrons. The molecule has 0 heterocycles. The molecule has 0 bridgehead atoms. The lowest BCUT2D eigenvalue weighted by molar-refractivity contribution is 0.566. The van der Waals surface area contributed by atoms with E-state index in [0.29, 0.717) is 10.6 Å². The quantitative estimate of drug-likeness (QED) is 0.853. The zero-order chi connectivity index (χ0) is 15.6. The van der Waals surface area contributed by atoms with Crippen LogP contribution in [0.3, 0.4) is 0 Å². The third-order valence-electron chi connectivity index (χ3n) is 3.36. The summed E-state index contributed by atoms with van der Waals surface area (Å²) in [4.78, 5) is 0.309. The Morgan fingerprint density at radius 1 is 1.10 bits per heavy atom. The number of nitrogens with one attached hydrogen (secondary N) is 1. The lowest BCUT2D eigenvalue weighted by Gasteiger charge is -2.16. The Kier molecular flexibility index (Phi) is 4.34. The van der Waals surface area contributed by atoms with Gasteiger partial charge in [-0.2, -0.15) is 0 Å². The molecule has 0 aromatic heterocycles. The van der Waals surface area contributed by atoms with E-state index in [1.165, 1.54) is 0 Å². The summed E-state index contributed by atoms with van der Waals surface area (Å²) in [6.07, 6.45) is 0. The predicted molar refractivity (Wildman–Crippen MR) is 85.5 cm³/mol. The van der Waals surface area contributed by atoms with Crippen LogP contribution >= 0.6 is 0 Å². The zero-order valence-electron chi connectivity index (χ0n) is 12.4. The molecule has 0 aliphatic rings. The van der Waals surface area contributed by atoms with Crippen molar-refractivity contribution < 1.29 is 8.42 Å². The lowest BCUT2D eigenvalue weighted by Crippen LogP contribution is -2.27. The highest BCUT2D eigenvalue weighted by Gasteiger charge is 2.20.